The summed E-state index contributed by atoms with van der Waals surface area (Å²) in [4.78, 5) is 37.6. The normalized spacial score (nSPS) is 25.7. The molecule has 1 saturated carbocycles. The summed E-state index contributed by atoms with van der Waals surface area (Å²) in [5, 5.41) is 21.7. The fourth-order valence-corrected chi connectivity index (χ4v) is 3.42. The Morgan fingerprint density at radius 3 is 2.32 bits per heavy atom. The molecule has 1 heterocycles. The van der Waals surface area contributed by atoms with Gasteiger partial charge in [-0.3, -0.25) is 4.79 Å². The van der Waals surface area contributed by atoms with Crippen LogP contribution < -0.4 is 5.32 Å². The zero-order valence-corrected chi connectivity index (χ0v) is 15.0. The Labute approximate surface area is 147 Å². The van der Waals surface area contributed by atoms with Crippen molar-refractivity contribution in [1.29, 1.82) is 0 Å². The molecule has 0 aromatic rings. The van der Waals surface area contributed by atoms with Crippen LogP contribution in [-0.2, 0) is 14.3 Å². The van der Waals surface area contributed by atoms with E-state index in [9.17, 15) is 24.6 Å². The van der Waals surface area contributed by atoms with Crippen molar-refractivity contribution in [2.45, 2.75) is 77.2 Å². The van der Waals surface area contributed by atoms with E-state index in [2.05, 4.69) is 5.32 Å². The number of carbonyl (C=O) groups excluding carboxylic acids is 2. The van der Waals surface area contributed by atoms with Crippen molar-refractivity contribution in [3.63, 3.8) is 0 Å². The van der Waals surface area contributed by atoms with Crippen LogP contribution in [0.3, 0.4) is 0 Å². The molecule has 1 saturated heterocycles. The van der Waals surface area contributed by atoms with Gasteiger partial charge in [0.25, 0.3) is 0 Å². The van der Waals surface area contributed by atoms with Crippen molar-refractivity contribution in [3.05, 3.63) is 0 Å². The first kappa shape index (κ1) is 19.5. The maximum Gasteiger partial charge on any atom is 0.408 e. The molecule has 0 radical (unpaired) electrons. The quantitative estimate of drug-likeness (QED) is 0.695. The highest BCUT2D eigenvalue weighted by atomic mass is 16.6. The molecule has 2 fully saturated rings. The first-order valence-corrected chi connectivity index (χ1v) is 8.78. The Hall–Kier alpha value is -1.83. The van der Waals surface area contributed by atoms with E-state index in [4.69, 9.17) is 4.74 Å². The number of hydrogen-bond acceptors (Lipinski definition) is 5. The fraction of sp³-hybridized carbons (Fsp3) is 0.824. The van der Waals surface area contributed by atoms with Crippen LogP contribution in [0.2, 0.25) is 0 Å². The second kappa shape index (κ2) is 7.59. The van der Waals surface area contributed by atoms with Crippen molar-refractivity contribution >= 4 is 18.0 Å². The molecule has 2 aliphatic rings. The van der Waals surface area contributed by atoms with E-state index in [0.717, 1.165) is 30.6 Å². The molecule has 142 valence electrons. The zero-order chi connectivity index (χ0) is 18.8. The average molecular weight is 356 g/mol. The summed E-state index contributed by atoms with van der Waals surface area (Å²) in [7, 11) is 0. The van der Waals surface area contributed by atoms with Gasteiger partial charge in [-0.25, -0.2) is 9.59 Å². The first-order valence-electron chi connectivity index (χ1n) is 8.78. The predicted molar refractivity (Wildman–Crippen MR) is 88.9 cm³/mol. The molecule has 8 nitrogen and oxygen atoms in total. The molecule has 0 aromatic carbocycles. The molecule has 8 heteroatoms. The summed E-state index contributed by atoms with van der Waals surface area (Å²) in [5.41, 5.74) is -0.637. The Bertz CT molecular complexity index is 524. The number of carboxylic acids is 1. The van der Waals surface area contributed by atoms with Crippen LogP contribution in [0, 0.1) is 5.41 Å². The Balaban J connectivity index is 2.09. The summed E-state index contributed by atoms with van der Waals surface area (Å²) >= 11 is 0. The van der Waals surface area contributed by atoms with Gasteiger partial charge in [-0.05, 0) is 31.1 Å². The molecule has 1 aliphatic heterocycles. The highest BCUT2D eigenvalue weighted by Gasteiger charge is 2.44. The Morgan fingerprint density at radius 2 is 1.80 bits per heavy atom. The lowest BCUT2D eigenvalue weighted by Crippen LogP contribution is -2.57. The number of ether oxygens (including phenoxy) is 1. The minimum absolute atomic E-state index is 0.00947. The lowest BCUT2D eigenvalue weighted by atomic mass is 9.85. The summed E-state index contributed by atoms with van der Waals surface area (Å²) in [6.07, 6.45) is 2.00. The van der Waals surface area contributed by atoms with Crippen molar-refractivity contribution < 1.29 is 29.3 Å². The van der Waals surface area contributed by atoms with Crippen molar-refractivity contribution in [3.8, 4) is 0 Å². The number of aliphatic carboxylic acids is 1. The molecule has 3 atom stereocenters. The highest BCUT2D eigenvalue weighted by molar-refractivity contribution is 5.90. The zero-order valence-electron chi connectivity index (χ0n) is 15.0. The van der Waals surface area contributed by atoms with Gasteiger partial charge in [0, 0.05) is 13.0 Å². The molecular formula is C17H28N2O6. The molecule has 2 amide bonds. The van der Waals surface area contributed by atoms with E-state index in [1.165, 1.54) is 0 Å². The molecule has 0 unspecified atom stereocenters. The topological polar surface area (TPSA) is 116 Å². The summed E-state index contributed by atoms with van der Waals surface area (Å²) < 4.78 is 5.36. The molecule has 2 rings (SSSR count). The Kier molecular flexibility index (Phi) is 5.92. The first-order chi connectivity index (χ1) is 11.6. The van der Waals surface area contributed by atoms with E-state index in [-0.39, 0.29) is 19.1 Å². The third-order valence-electron chi connectivity index (χ3n) is 4.80. The third kappa shape index (κ3) is 4.84. The van der Waals surface area contributed by atoms with Crippen LogP contribution in [0.25, 0.3) is 0 Å². The summed E-state index contributed by atoms with van der Waals surface area (Å²) in [6.45, 7) is 5.30. The van der Waals surface area contributed by atoms with Crippen LogP contribution in [0.15, 0.2) is 0 Å². The lowest BCUT2D eigenvalue weighted by Gasteiger charge is -2.34. The molecular weight excluding hydrogens is 328 g/mol. The van der Waals surface area contributed by atoms with Crippen LogP contribution in [0.4, 0.5) is 4.79 Å². The fourth-order valence-electron chi connectivity index (χ4n) is 3.42. The third-order valence-corrected chi connectivity index (χ3v) is 4.80. The van der Waals surface area contributed by atoms with Gasteiger partial charge < -0.3 is 25.2 Å². The van der Waals surface area contributed by atoms with E-state index < -0.39 is 41.6 Å². The van der Waals surface area contributed by atoms with Crippen molar-refractivity contribution in [2.24, 2.45) is 5.41 Å². The van der Waals surface area contributed by atoms with Crippen LogP contribution >= 0.6 is 0 Å². The molecule has 25 heavy (non-hydrogen) atoms. The molecule has 3 N–H and O–H groups in total. The largest absolute Gasteiger partial charge is 0.480 e. The van der Waals surface area contributed by atoms with Gasteiger partial charge in [0.1, 0.15) is 18.2 Å². The van der Waals surface area contributed by atoms with Gasteiger partial charge in [-0.15, -0.1) is 0 Å². The van der Waals surface area contributed by atoms with Crippen LogP contribution in [-0.4, -0.2) is 63.9 Å². The van der Waals surface area contributed by atoms with E-state index in [1.54, 1.807) is 20.8 Å². The number of β-amino-alcohol motifs (C(OH)–C–C–N with tert-alkyl or cyclic N) is 1. The van der Waals surface area contributed by atoms with Crippen LogP contribution in [0.5, 0.6) is 0 Å². The monoisotopic (exact) mass is 356 g/mol. The van der Waals surface area contributed by atoms with E-state index in [1.807, 2.05) is 0 Å². The number of rotatable bonds is 4. The standard InChI is InChI=1S/C17H28N2O6/c1-17(2,3)13(18-16(24)25-11-6-4-5-7-11)14(21)19-9-10(20)8-12(19)15(22)23/h10-13,20H,4-9H2,1-3H3,(H,18,24)(H,22,23)/t10-,12+,13-/m1/s1. The number of carbonyl (C=O) groups is 3. The maximum absolute atomic E-state index is 12.9. The van der Waals surface area contributed by atoms with Gasteiger partial charge in [-0.2, -0.15) is 0 Å². The number of alkyl carbamates (subject to hydrolysis) is 1. The number of aliphatic hydroxyl groups is 1. The highest BCUT2D eigenvalue weighted by Crippen LogP contribution is 2.27. The minimum Gasteiger partial charge on any atom is -0.480 e. The molecule has 0 aromatic heterocycles. The number of likely N-dealkylation sites (tertiary alicyclic amines) is 1. The van der Waals surface area contributed by atoms with Crippen LogP contribution in [0.1, 0.15) is 52.9 Å². The van der Waals surface area contributed by atoms with Crippen molar-refractivity contribution in [2.75, 3.05) is 6.54 Å². The average Bonchev–Trinajstić information content (AvgIpc) is 3.12. The molecule has 0 spiro atoms. The SMILES string of the molecule is CC(C)(C)[C@H](NC(=O)OC1CCCC1)C(=O)N1C[C@H](O)C[C@H]1C(=O)O. The summed E-state index contributed by atoms with van der Waals surface area (Å²) in [5.74, 6) is -1.68. The van der Waals surface area contributed by atoms with Gasteiger partial charge in [0.2, 0.25) is 5.91 Å². The summed E-state index contributed by atoms with van der Waals surface area (Å²) in [6, 6.07) is -2.02. The minimum atomic E-state index is -1.16. The number of aliphatic hydroxyl groups excluding tert-OH is 1. The number of amides is 2. The second-order valence-corrected chi connectivity index (χ2v) is 7.99. The van der Waals surface area contributed by atoms with E-state index in [0.29, 0.717) is 0 Å². The van der Waals surface area contributed by atoms with Gasteiger partial charge in [-0.1, -0.05) is 20.8 Å². The second-order valence-electron chi connectivity index (χ2n) is 7.99. The lowest BCUT2D eigenvalue weighted by molar-refractivity contribution is -0.150. The van der Waals surface area contributed by atoms with Gasteiger partial charge in [0.05, 0.1) is 6.10 Å². The predicted octanol–water partition coefficient (Wildman–Crippen LogP) is 1.12. The number of nitrogens with zero attached hydrogens (tertiary/aromatic N) is 1. The van der Waals surface area contributed by atoms with Crippen molar-refractivity contribution in [1.82, 2.24) is 10.2 Å². The van der Waals surface area contributed by atoms with Gasteiger partial charge >= 0.3 is 12.1 Å². The number of nitrogens with one attached hydrogen (secondary N) is 1. The smallest absolute Gasteiger partial charge is 0.408 e. The van der Waals surface area contributed by atoms with E-state index >= 15 is 0 Å². The molecule has 1 aliphatic carbocycles. The number of hydrogen-bond donors (Lipinski definition) is 3. The molecule has 0 bridgehead atoms. The van der Waals surface area contributed by atoms with Gasteiger partial charge in [0.15, 0.2) is 0 Å². The maximum atomic E-state index is 12.9. The number of carboxylic acid groups (broad SMARTS) is 1. The Morgan fingerprint density at radius 1 is 1.20 bits per heavy atom.